The molecule has 3 aliphatic rings. The molecule has 7 unspecified atom stereocenters. The van der Waals surface area contributed by atoms with Gasteiger partial charge < -0.3 is 30.5 Å². The third-order valence-corrected chi connectivity index (χ3v) is 15.8. The molecule has 3 fully saturated rings. The molecule has 2 amide bonds. The molecule has 4 N–H and O–H groups in total. The van der Waals surface area contributed by atoms with Gasteiger partial charge in [-0.05, 0) is 102 Å². The zero-order valence-corrected chi connectivity index (χ0v) is 43.5. The number of piperidine rings is 2. The molecule has 7 atom stereocenters. The van der Waals surface area contributed by atoms with Crippen LogP contribution in [-0.2, 0) is 43.4 Å². The van der Waals surface area contributed by atoms with Crippen molar-refractivity contribution in [1.29, 1.82) is 0 Å². The van der Waals surface area contributed by atoms with Crippen molar-refractivity contribution in [3.63, 3.8) is 0 Å². The van der Waals surface area contributed by atoms with Crippen LogP contribution in [-0.4, -0.2) is 107 Å². The van der Waals surface area contributed by atoms with E-state index in [9.17, 15) is 24.6 Å². The van der Waals surface area contributed by atoms with Crippen LogP contribution in [0.2, 0.25) is 0 Å². The number of aliphatic hydroxyl groups is 2. The standard InChI is InChI=1S/C65H69N5O6/c1-64(74,55-31-18-28-51(38-55)48-33-35-54(36-34-48)65(75,53-29-16-7-17-30-53)62(72)67-56-32-19-37-68(2)43-56)63(73)76-58-45-70(41-47-22-10-4-11-23-47)60(58)52-39-57(44-69(42-52)40-46-20-8-3-9-21-46)66-61(71)59(49-24-12-5-13-25-49)50-26-14-6-15-27-50/h3-18,20-31,33-36,38,52,56-60,74-75H,19,32,37,39-45H2,1-2H3,(H,66,71)(H,67,72). The largest absolute Gasteiger partial charge is 0.457 e. The van der Waals surface area contributed by atoms with Crippen molar-refractivity contribution in [3.05, 3.63) is 239 Å². The Labute approximate surface area is 447 Å². The molecule has 3 saturated heterocycles. The van der Waals surface area contributed by atoms with E-state index in [-0.39, 0.29) is 30.0 Å². The van der Waals surface area contributed by atoms with Crippen LogP contribution in [0, 0.1) is 5.92 Å². The first-order chi connectivity index (χ1) is 36.9. The Hall–Kier alpha value is -7.25. The summed E-state index contributed by atoms with van der Waals surface area (Å²) in [6, 6.07) is 63.5. The van der Waals surface area contributed by atoms with E-state index in [0.717, 1.165) is 53.7 Å². The van der Waals surface area contributed by atoms with Crippen molar-refractivity contribution in [1.82, 2.24) is 25.3 Å². The number of rotatable bonds is 17. The lowest BCUT2D eigenvalue weighted by atomic mass is 9.79. The van der Waals surface area contributed by atoms with E-state index in [4.69, 9.17) is 4.74 Å². The maximum Gasteiger partial charge on any atom is 0.342 e. The average Bonchev–Trinajstić information content (AvgIpc) is 3.47. The lowest BCUT2D eigenvalue weighted by molar-refractivity contribution is -0.192. The van der Waals surface area contributed by atoms with Crippen LogP contribution < -0.4 is 10.6 Å². The molecule has 11 nitrogen and oxygen atoms in total. The molecule has 0 radical (unpaired) electrons. The molecule has 0 bridgehead atoms. The molecular weight excluding hydrogens is 947 g/mol. The van der Waals surface area contributed by atoms with Gasteiger partial charge in [-0.1, -0.05) is 194 Å². The monoisotopic (exact) mass is 1020 g/mol. The molecule has 3 aliphatic heterocycles. The van der Waals surface area contributed by atoms with Gasteiger partial charge in [0.15, 0.2) is 11.2 Å². The van der Waals surface area contributed by atoms with Crippen molar-refractivity contribution in [3.8, 4) is 11.1 Å². The summed E-state index contributed by atoms with van der Waals surface area (Å²) in [6.45, 7) is 6.35. The van der Waals surface area contributed by atoms with Crippen molar-refractivity contribution < 1.29 is 29.3 Å². The number of nitrogens with zero attached hydrogens (tertiary/aromatic N) is 3. The molecule has 7 aromatic rings. The summed E-state index contributed by atoms with van der Waals surface area (Å²) < 4.78 is 6.48. The highest BCUT2D eigenvalue weighted by molar-refractivity contribution is 5.91. The molecule has 10 rings (SSSR count). The van der Waals surface area contributed by atoms with Crippen LogP contribution in [0.3, 0.4) is 0 Å². The Kier molecular flexibility index (Phi) is 16.0. The van der Waals surface area contributed by atoms with Crippen molar-refractivity contribution in [2.24, 2.45) is 5.92 Å². The Morgan fingerprint density at radius 2 is 1.17 bits per heavy atom. The third kappa shape index (κ3) is 11.7. The summed E-state index contributed by atoms with van der Waals surface area (Å²) in [4.78, 5) is 50.3. The van der Waals surface area contributed by atoms with Crippen LogP contribution in [0.5, 0.6) is 0 Å². The van der Waals surface area contributed by atoms with E-state index in [0.29, 0.717) is 55.8 Å². The molecule has 0 spiro atoms. The number of ether oxygens (including phenoxy) is 1. The number of hydrogen-bond donors (Lipinski definition) is 4. The summed E-state index contributed by atoms with van der Waals surface area (Å²) in [5.41, 5.74) is 2.98. The molecule has 390 valence electrons. The molecule has 7 aromatic carbocycles. The normalized spacial score (nSPS) is 21.8. The third-order valence-electron chi connectivity index (χ3n) is 15.8. The molecule has 76 heavy (non-hydrogen) atoms. The Morgan fingerprint density at radius 3 is 1.79 bits per heavy atom. The number of likely N-dealkylation sites (N-methyl/N-ethyl adjacent to an activating group) is 1. The zero-order valence-electron chi connectivity index (χ0n) is 43.5. The summed E-state index contributed by atoms with van der Waals surface area (Å²) in [7, 11) is 2.04. The fourth-order valence-electron chi connectivity index (χ4n) is 11.8. The van der Waals surface area contributed by atoms with E-state index in [1.165, 1.54) is 12.5 Å². The summed E-state index contributed by atoms with van der Waals surface area (Å²) in [5, 5.41) is 31.3. The quantitative estimate of drug-likeness (QED) is 0.0662. The van der Waals surface area contributed by atoms with Gasteiger partial charge in [0.1, 0.15) is 6.10 Å². The molecular formula is C65H69N5O6. The van der Waals surface area contributed by atoms with Crippen LogP contribution in [0.15, 0.2) is 200 Å². The van der Waals surface area contributed by atoms with Gasteiger partial charge in [-0.25, -0.2) is 4.79 Å². The minimum atomic E-state index is -2.01. The highest BCUT2D eigenvalue weighted by Gasteiger charge is 2.50. The molecule has 0 aromatic heterocycles. The van der Waals surface area contributed by atoms with Crippen molar-refractivity contribution in [2.75, 3.05) is 39.8 Å². The fourth-order valence-corrected chi connectivity index (χ4v) is 11.8. The van der Waals surface area contributed by atoms with E-state index in [2.05, 4.69) is 49.6 Å². The predicted octanol–water partition coefficient (Wildman–Crippen LogP) is 8.64. The summed E-state index contributed by atoms with van der Waals surface area (Å²) >= 11 is 0. The van der Waals surface area contributed by atoms with Crippen LogP contribution in [0.4, 0.5) is 0 Å². The SMILES string of the molecule is CN1CCCC(NC(=O)C(O)(c2ccccc2)c2ccc(-c3cccc(C(C)(O)C(=O)OC4CN(Cc5ccccc5)C4C4CC(NC(=O)C(c5ccccc5)c5ccccc5)CN(Cc5ccccc5)C4)c3)cc2)C1. The predicted molar refractivity (Wildman–Crippen MR) is 297 cm³/mol. The number of likely N-dealkylation sites (tertiary alicyclic amines) is 3. The van der Waals surface area contributed by atoms with Gasteiger partial charge in [0.2, 0.25) is 5.91 Å². The molecule has 0 aliphatic carbocycles. The highest BCUT2D eigenvalue weighted by Crippen LogP contribution is 2.38. The fraction of sp³-hybridized carbons (Fsp3) is 0.308. The van der Waals surface area contributed by atoms with E-state index < -0.39 is 35.1 Å². The lowest BCUT2D eigenvalue weighted by Crippen LogP contribution is -2.68. The lowest BCUT2D eigenvalue weighted by Gasteiger charge is -2.54. The van der Waals surface area contributed by atoms with Gasteiger partial charge in [0.25, 0.3) is 5.91 Å². The van der Waals surface area contributed by atoms with E-state index in [1.54, 1.807) is 42.5 Å². The first-order valence-electron chi connectivity index (χ1n) is 26.8. The topological polar surface area (TPSA) is 135 Å². The second-order valence-corrected chi connectivity index (χ2v) is 21.4. The number of carbonyl (C=O) groups is 3. The number of nitrogens with one attached hydrogen (secondary N) is 2. The molecule has 0 saturated carbocycles. The molecule has 3 heterocycles. The second-order valence-electron chi connectivity index (χ2n) is 21.4. The van der Waals surface area contributed by atoms with Crippen LogP contribution >= 0.6 is 0 Å². The first-order valence-corrected chi connectivity index (χ1v) is 26.8. The van der Waals surface area contributed by atoms with Gasteiger partial charge in [-0.3, -0.25) is 19.4 Å². The Morgan fingerprint density at radius 1 is 0.605 bits per heavy atom. The van der Waals surface area contributed by atoms with Gasteiger partial charge in [0.05, 0.1) is 12.0 Å². The van der Waals surface area contributed by atoms with Crippen LogP contribution in [0.1, 0.15) is 71.0 Å². The van der Waals surface area contributed by atoms with Crippen molar-refractivity contribution >= 4 is 17.8 Å². The zero-order chi connectivity index (χ0) is 52.7. The number of hydrogen-bond acceptors (Lipinski definition) is 9. The van der Waals surface area contributed by atoms with Gasteiger partial charge in [-0.2, -0.15) is 0 Å². The first kappa shape index (κ1) is 52.2. The maximum atomic E-state index is 14.7. The number of esters is 1. The summed E-state index contributed by atoms with van der Waals surface area (Å²) in [6.07, 6.45) is 1.93. The summed E-state index contributed by atoms with van der Waals surface area (Å²) in [5.74, 6) is -1.79. The van der Waals surface area contributed by atoms with Crippen LogP contribution in [0.25, 0.3) is 11.1 Å². The van der Waals surface area contributed by atoms with Crippen molar-refractivity contribution in [2.45, 2.75) is 80.6 Å². The Bertz CT molecular complexity index is 3000. The van der Waals surface area contributed by atoms with E-state index in [1.807, 2.05) is 141 Å². The number of carbonyl (C=O) groups excluding carboxylic acids is 3. The van der Waals surface area contributed by atoms with Gasteiger partial charge in [-0.15, -0.1) is 0 Å². The highest BCUT2D eigenvalue weighted by atomic mass is 16.6. The number of benzene rings is 7. The average molecular weight is 1020 g/mol. The smallest absolute Gasteiger partial charge is 0.342 e. The van der Waals surface area contributed by atoms with Gasteiger partial charge in [0, 0.05) is 51.4 Å². The maximum absolute atomic E-state index is 14.7. The molecule has 11 heteroatoms. The minimum Gasteiger partial charge on any atom is -0.457 e. The van der Waals surface area contributed by atoms with Gasteiger partial charge >= 0.3 is 5.97 Å². The Balaban J connectivity index is 0.890. The number of amides is 2. The second kappa shape index (κ2) is 23.3. The minimum absolute atomic E-state index is 0.0132. The van der Waals surface area contributed by atoms with E-state index >= 15 is 0 Å².